The minimum Gasteiger partial charge on any atom is -0.462 e. The Labute approximate surface area is 142 Å². The van der Waals surface area contributed by atoms with E-state index in [0.717, 1.165) is 31.2 Å². The molecule has 1 aliphatic rings. The topological polar surface area (TPSA) is 58.6 Å². The Bertz CT molecular complexity index is 581. The average molecular weight is 338 g/mol. The summed E-state index contributed by atoms with van der Waals surface area (Å²) in [5.74, 6) is -0.412. The Kier molecular flexibility index (Phi) is 6.18. The van der Waals surface area contributed by atoms with E-state index in [9.17, 15) is 9.59 Å². The van der Waals surface area contributed by atoms with Gasteiger partial charge in [0.1, 0.15) is 5.00 Å². The molecule has 0 fully saturated rings. The van der Waals surface area contributed by atoms with Crippen LogP contribution < -0.4 is 5.32 Å². The Balaban J connectivity index is 2.22. The fraction of sp³-hybridized carbons (Fsp3) is 0.647. The summed E-state index contributed by atoms with van der Waals surface area (Å²) in [6.07, 6.45) is 4.09. The van der Waals surface area contributed by atoms with Crippen molar-refractivity contribution in [2.75, 3.05) is 25.5 Å². The van der Waals surface area contributed by atoms with Crippen molar-refractivity contribution in [3.05, 3.63) is 16.0 Å². The molecule has 1 aromatic heterocycles. The van der Waals surface area contributed by atoms with E-state index >= 15 is 0 Å². The molecule has 0 aliphatic heterocycles. The zero-order chi connectivity index (χ0) is 17.0. The fourth-order valence-corrected chi connectivity index (χ4v) is 3.94. The lowest BCUT2D eigenvalue weighted by atomic mass is 9.95. The van der Waals surface area contributed by atoms with Gasteiger partial charge in [-0.3, -0.25) is 9.69 Å². The van der Waals surface area contributed by atoms with Crippen LogP contribution in [0.4, 0.5) is 5.00 Å². The van der Waals surface area contributed by atoms with Gasteiger partial charge in [-0.2, -0.15) is 0 Å². The molecule has 5 nitrogen and oxygen atoms in total. The lowest BCUT2D eigenvalue weighted by Crippen LogP contribution is -2.34. The minimum absolute atomic E-state index is 0.0923. The number of likely N-dealkylation sites (N-methyl/N-ethyl adjacent to an activating group) is 1. The average Bonchev–Trinajstić information content (AvgIpc) is 2.84. The van der Waals surface area contributed by atoms with Crippen molar-refractivity contribution in [2.45, 2.75) is 52.5 Å². The highest BCUT2D eigenvalue weighted by Gasteiger charge is 2.27. The van der Waals surface area contributed by atoms with E-state index in [-0.39, 0.29) is 11.9 Å². The first-order valence-corrected chi connectivity index (χ1v) is 9.07. The highest BCUT2D eigenvalue weighted by Crippen LogP contribution is 2.38. The van der Waals surface area contributed by atoms with E-state index in [2.05, 4.69) is 5.32 Å². The molecule has 0 saturated carbocycles. The number of thiophene rings is 1. The smallest absolute Gasteiger partial charge is 0.341 e. The molecule has 0 bridgehead atoms. The van der Waals surface area contributed by atoms with Crippen LogP contribution >= 0.6 is 11.3 Å². The number of amides is 1. The van der Waals surface area contributed by atoms with Crippen LogP contribution in [0.5, 0.6) is 0 Å². The lowest BCUT2D eigenvalue weighted by Gasteiger charge is -2.20. The molecule has 1 aromatic rings. The minimum atomic E-state index is -0.320. The Morgan fingerprint density at radius 1 is 1.30 bits per heavy atom. The number of carbonyl (C=O) groups is 2. The number of hydrogen-bond donors (Lipinski definition) is 1. The molecular weight excluding hydrogens is 312 g/mol. The number of carbonyl (C=O) groups excluding carboxylic acids is 2. The highest BCUT2D eigenvalue weighted by molar-refractivity contribution is 7.17. The monoisotopic (exact) mass is 338 g/mol. The molecule has 0 atom stereocenters. The van der Waals surface area contributed by atoms with Crippen LogP contribution in [0.25, 0.3) is 0 Å². The summed E-state index contributed by atoms with van der Waals surface area (Å²) in [4.78, 5) is 27.8. The van der Waals surface area contributed by atoms with Crippen LogP contribution in [0.15, 0.2) is 0 Å². The second kappa shape index (κ2) is 7.93. The molecule has 0 radical (unpaired) electrons. The van der Waals surface area contributed by atoms with Gasteiger partial charge in [-0.25, -0.2) is 4.79 Å². The standard InChI is InChI=1S/C17H26N2O3S/c1-5-22-17(21)15-12-8-6-7-9-13(12)23-16(15)18-14(20)10-19(4)11(2)3/h11H,5-10H2,1-4H3,(H,18,20). The van der Waals surface area contributed by atoms with Gasteiger partial charge >= 0.3 is 5.97 Å². The predicted octanol–water partition coefficient (Wildman–Crippen LogP) is 3.08. The molecule has 2 rings (SSSR count). The molecule has 0 saturated heterocycles. The molecular formula is C17H26N2O3S. The molecule has 128 valence electrons. The van der Waals surface area contributed by atoms with Crippen molar-refractivity contribution < 1.29 is 14.3 Å². The first-order valence-electron chi connectivity index (χ1n) is 8.25. The maximum Gasteiger partial charge on any atom is 0.341 e. The van der Waals surface area contributed by atoms with Crippen LogP contribution in [0.3, 0.4) is 0 Å². The second-order valence-electron chi connectivity index (χ2n) is 6.19. The van der Waals surface area contributed by atoms with Crippen molar-refractivity contribution in [1.29, 1.82) is 0 Å². The summed E-state index contributed by atoms with van der Waals surface area (Å²) in [5.41, 5.74) is 1.65. The van der Waals surface area contributed by atoms with E-state index in [1.54, 1.807) is 6.92 Å². The van der Waals surface area contributed by atoms with E-state index in [0.29, 0.717) is 29.8 Å². The number of anilines is 1. The normalized spacial score (nSPS) is 14.0. The number of aryl methyl sites for hydroxylation is 1. The van der Waals surface area contributed by atoms with E-state index in [1.165, 1.54) is 16.2 Å². The van der Waals surface area contributed by atoms with Crippen molar-refractivity contribution in [2.24, 2.45) is 0 Å². The summed E-state index contributed by atoms with van der Waals surface area (Å²) < 4.78 is 5.20. The third-order valence-electron chi connectivity index (χ3n) is 4.18. The number of fused-ring (bicyclic) bond motifs is 1. The van der Waals surface area contributed by atoms with Gasteiger partial charge in [0.25, 0.3) is 0 Å². The third-order valence-corrected chi connectivity index (χ3v) is 5.39. The fourth-order valence-electron chi connectivity index (χ4n) is 2.65. The predicted molar refractivity (Wildman–Crippen MR) is 93.3 cm³/mol. The first-order chi connectivity index (χ1) is 10.9. The molecule has 23 heavy (non-hydrogen) atoms. The number of ether oxygens (including phenoxy) is 1. The number of rotatable bonds is 6. The van der Waals surface area contributed by atoms with Crippen molar-refractivity contribution in [1.82, 2.24) is 4.90 Å². The maximum atomic E-state index is 12.3. The van der Waals surface area contributed by atoms with Crippen LogP contribution in [0, 0.1) is 0 Å². The van der Waals surface area contributed by atoms with Gasteiger partial charge in [0, 0.05) is 10.9 Å². The molecule has 0 unspecified atom stereocenters. The van der Waals surface area contributed by atoms with Gasteiger partial charge in [-0.1, -0.05) is 0 Å². The Hall–Kier alpha value is -1.40. The van der Waals surface area contributed by atoms with Crippen LogP contribution in [-0.4, -0.2) is 43.0 Å². The molecule has 1 heterocycles. The number of hydrogen-bond acceptors (Lipinski definition) is 5. The van der Waals surface area contributed by atoms with Crippen molar-refractivity contribution in [3.8, 4) is 0 Å². The van der Waals surface area contributed by atoms with Crippen molar-refractivity contribution >= 4 is 28.2 Å². The summed E-state index contributed by atoms with van der Waals surface area (Å²) in [7, 11) is 1.91. The molecule has 1 N–H and O–H groups in total. The third kappa shape index (κ3) is 4.32. The van der Waals surface area contributed by atoms with Gasteiger partial charge in [0.15, 0.2) is 0 Å². The van der Waals surface area contributed by atoms with Gasteiger partial charge < -0.3 is 10.1 Å². The molecule has 1 amide bonds. The van der Waals surface area contributed by atoms with Crippen LogP contribution in [0.2, 0.25) is 0 Å². The van der Waals surface area contributed by atoms with Crippen LogP contribution in [-0.2, 0) is 22.4 Å². The van der Waals surface area contributed by atoms with E-state index in [4.69, 9.17) is 4.74 Å². The van der Waals surface area contributed by atoms with Gasteiger partial charge in [-0.15, -0.1) is 11.3 Å². The molecule has 0 aromatic carbocycles. The van der Waals surface area contributed by atoms with Crippen molar-refractivity contribution in [3.63, 3.8) is 0 Å². The molecule has 0 spiro atoms. The molecule has 6 heteroatoms. The largest absolute Gasteiger partial charge is 0.462 e. The van der Waals surface area contributed by atoms with Gasteiger partial charge in [0.2, 0.25) is 5.91 Å². The first kappa shape index (κ1) is 17.9. The number of esters is 1. The SMILES string of the molecule is CCOC(=O)c1c(NC(=O)CN(C)C(C)C)sc2c1CCCC2. The number of nitrogens with one attached hydrogen (secondary N) is 1. The zero-order valence-corrected chi connectivity index (χ0v) is 15.2. The van der Waals surface area contributed by atoms with E-state index in [1.807, 2.05) is 25.8 Å². The maximum absolute atomic E-state index is 12.3. The van der Waals surface area contributed by atoms with E-state index < -0.39 is 0 Å². The van der Waals surface area contributed by atoms with Gasteiger partial charge in [0.05, 0.1) is 18.7 Å². The number of nitrogens with zero attached hydrogens (tertiary/aromatic N) is 1. The summed E-state index contributed by atoms with van der Waals surface area (Å²) in [5, 5.41) is 3.58. The summed E-state index contributed by atoms with van der Waals surface area (Å²) in [6.45, 7) is 6.53. The van der Waals surface area contributed by atoms with Gasteiger partial charge in [-0.05, 0) is 59.1 Å². The zero-order valence-electron chi connectivity index (χ0n) is 14.4. The van der Waals surface area contributed by atoms with Crippen LogP contribution in [0.1, 0.15) is 54.4 Å². The highest BCUT2D eigenvalue weighted by atomic mass is 32.1. The quantitative estimate of drug-likeness (QED) is 0.810. The lowest BCUT2D eigenvalue weighted by molar-refractivity contribution is -0.117. The summed E-state index contributed by atoms with van der Waals surface area (Å²) >= 11 is 1.53. The second-order valence-corrected chi connectivity index (χ2v) is 7.30. The summed E-state index contributed by atoms with van der Waals surface area (Å²) in [6, 6.07) is 0.293. The Morgan fingerprint density at radius 3 is 2.65 bits per heavy atom. The Morgan fingerprint density at radius 2 is 2.00 bits per heavy atom. The molecule has 1 aliphatic carbocycles.